The van der Waals surface area contributed by atoms with E-state index in [1.54, 1.807) is 0 Å². The highest BCUT2D eigenvalue weighted by molar-refractivity contribution is 7.15. The third-order valence-corrected chi connectivity index (χ3v) is 4.08. The summed E-state index contributed by atoms with van der Waals surface area (Å²) in [6.45, 7) is 4.31. The lowest BCUT2D eigenvalue weighted by molar-refractivity contribution is 0.609. The summed E-state index contributed by atoms with van der Waals surface area (Å²) in [6.07, 6.45) is 5.02. The van der Waals surface area contributed by atoms with E-state index in [9.17, 15) is 0 Å². The second kappa shape index (κ2) is 5.47. The lowest BCUT2D eigenvalue weighted by atomic mass is 10.2. The van der Waals surface area contributed by atoms with Gasteiger partial charge in [-0.3, -0.25) is 0 Å². The minimum absolute atomic E-state index is 0.0272. The van der Waals surface area contributed by atoms with Crippen LogP contribution >= 0.6 is 11.3 Å². The van der Waals surface area contributed by atoms with Crippen molar-refractivity contribution < 1.29 is 0 Å². The van der Waals surface area contributed by atoms with Crippen molar-refractivity contribution in [1.82, 2.24) is 9.97 Å². The molecule has 2 aromatic heterocycles. The Morgan fingerprint density at radius 3 is 2.88 bits per heavy atom. The average molecular weight is 249 g/mol. The zero-order chi connectivity index (χ0) is 12.3. The van der Waals surface area contributed by atoms with Gasteiger partial charge in [0.1, 0.15) is 5.82 Å². The van der Waals surface area contributed by atoms with E-state index in [0.29, 0.717) is 0 Å². The van der Waals surface area contributed by atoms with Crippen LogP contribution in [0.4, 0.5) is 0 Å². The van der Waals surface area contributed by atoms with Crippen molar-refractivity contribution in [2.24, 2.45) is 5.73 Å². The molecule has 2 rings (SSSR count). The number of imidazole rings is 1. The molecule has 0 aliphatic carbocycles. The van der Waals surface area contributed by atoms with Crippen LogP contribution in [-0.4, -0.2) is 9.97 Å². The molecule has 2 heterocycles. The van der Waals surface area contributed by atoms with Gasteiger partial charge in [0.15, 0.2) is 0 Å². The smallest absolute Gasteiger partial charge is 0.123 e. The van der Waals surface area contributed by atoms with Crippen molar-refractivity contribution in [2.45, 2.75) is 39.2 Å². The first-order valence-electron chi connectivity index (χ1n) is 6.14. The number of thiophene rings is 1. The molecule has 0 spiro atoms. The molecule has 3 N–H and O–H groups in total. The van der Waals surface area contributed by atoms with Gasteiger partial charge >= 0.3 is 0 Å². The zero-order valence-electron chi connectivity index (χ0n) is 10.4. The van der Waals surface area contributed by atoms with Crippen molar-refractivity contribution in [3.63, 3.8) is 0 Å². The Morgan fingerprint density at radius 2 is 2.24 bits per heavy atom. The average Bonchev–Trinajstić information content (AvgIpc) is 2.98. The molecule has 0 amide bonds. The van der Waals surface area contributed by atoms with Crippen LogP contribution in [0.1, 0.15) is 43.4 Å². The number of nitrogens with two attached hydrogens (primary N) is 1. The first kappa shape index (κ1) is 12.3. The van der Waals surface area contributed by atoms with E-state index in [1.165, 1.54) is 9.75 Å². The number of aromatic nitrogens is 2. The van der Waals surface area contributed by atoms with Gasteiger partial charge in [0.05, 0.1) is 22.8 Å². The largest absolute Gasteiger partial charge is 0.340 e. The Labute approximate surface area is 106 Å². The van der Waals surface area contributed by atoms with E-state index in [2.05, 4.69) is 35.9 Å². The molecule has 92 valence electrons. The van der Waals surface area contributed by atoms with Gasteiger partial charge in [0.25, 0.3) is 0 Å². The maximum absolute atomic E-state index is 6.04. The third-order valence-electron chi connectivity index (χ3n) is 2.82. The predicted octanol–water partition coefficient (Wildman–Crippen LogP) is 3.50. The number of aromatic amines is 1. The number of nitrogens with zero attached hydrogens (tertiary/aromatic N) is 1. The van der Waals surface area contributed by atoms with E-state index in [1.807, 2.05) is 17.5 Å². The Bertz CT molecular complexity index is 472. The molecule has 0 aliphatic rings. The van der Waals surface area contributed by atoms with Crippen molar-refractivity contribution in [3.8, 4) is 10.6 Å². The topological polar surface area (TPSA) is 54.7 Å². The molecule has 0 radical (unpaired) electrons. The molecular weight excluding hydrogens is 230 g/mol. The number of H-pyrrole nitrogens is 1. The standard InChI is InChI=1S/C13H19N3S/c1-3-5-10(14)13-15-8-11(16-13)12-7-6-9(4-2)17-12/h6-8,10H,3-5,14H2,1-2H3,(H,15,16). The highest BCUT2D eigenvalue weighted by atomic mass is 32.1. The summed E-state index contributed by atoms with van der Waals surface area (Å²) in [7, 11) is 0. The molecule has 0 bridgehead atoms. The summed E-state index contributed by atoms with van der Waals surface area (Å²) >= 11 is 1.81. The summed E-state index contributed by atoms with van der Waals surface area (Å²) in [5.41, 5.74) is 7.12. The molecule has 0 aromatic carbocycles. The number of aryl methyl sites for hydroxylation is 1. The maximum atomic E-state index is 6.04. The summed E-state index contributed by atoms with van der Waals surface area (Å²) in [5, 5.41) is 0. The Balaban J connectivity index is 2.17. The van der Waals surface area contributed by atoms with E-state index in [4.69, 9.17) is 5.73 Å². The first-order chi connectivity index (χ1) is 8.24. The van der Waals surface area contributed by atoms with Gasteiger partial charge in [-0.25, -0.2) is 4.98 Å². The fourth-order valence-electron chi connectivity index (χ4n) is 1.81. The van der Waals surface area contributed by atoms with Gasteiger partial charge in [-0.1, -0.05) is 20.3 Å². The molecule has 4 heteroatoms. The second-order valence-corrected chi connectivity index (χ2v) is 5.37. The van der Waals surface area contributed by atoms with Crippen LogP contribution < -0.4 is 5.73 Å². The Morgan fingerprint density at radius 1 is 1.41 bits per heavy atom. The zero-order valence-corrected chi connectivity index (χ0v) is 11.2. The van der Waals surface area contributed by atoms with Gasteiger partial charge in [-0.15, -0.1) is 11.3 Å². The molecule has 0 saturated heterocycles. The fourth-order valence-corrected chi connectivity index (χ4v) is 2.72. The molecule has 17 heavy (non-hydrogen) atoms. The van der Waals surface area contributed by atoms with Gasteiger partial charge in [0.2, 0.25) is 0 Å². The fraction of sp³-hybridized carbons (Fsp3) is 0.462. The van der Waals surface area contributed by atoms with E-state index in [0.717, 1.165) is 30.8 Å². The van der Waals surface area contributed by atoms with Crippen LogP contribution in [0.5, 0.6) is 0 Å². The van der Waals surface area contributed by atoms with Crippen LogP contribution in [0.15, 0.2) is 18.3 Å². The highest BCUT2D eigenvalue weighted by Crippen LogP contribution is 2.27. The van der Waals surface area contributed by atoms with Crippen molar-refractivity contribution in [3.05, 3.63) is 29.0 Å². The van der Waals surface area contributed by atoms with Crippen molar-refractivity contribution in [1.29, 1.82) is 0 Å². The van der Waals surface area contributed by atoms with E-state index < -0.39 is 0 Å². The quantitative estimate of drug-likeness (QED) is 0.852. The third kappa shape index (κ3) is 2.76. The molecule has 3 nitrogen and oxygen atoms in total. The molecular formula is C13H19N3S. The molecule has 0 saturated carbocycles. The normalized spacial score (nSPS) is 12.9. The number of hydrogen-bond donors (Lipinski definition) is 2. The molecule has 2 aromatic rings. The molecule has 0 aliphatic heterocycles. The van der Waals surface area contributed by atoms with Crippen molar-refractivity contribution in [2.75, 3.05) is 0 Å². The van der Waals surface area contributed by atoms with E-state index >= 15 is 0 Å². The van der Waals surface area contributed by atoms with Crippen molar-refractivity contribution >= 4 is 11.3 Å². The minimum Gasteiger partial charge on any atom is -0.340 e. The van der Waals surface area contributed by atoms with E-state index in [-0.39, 0.29) is 6.04 Å². The molecule has 1 unspecified atom stereocenters. The maximum Gasteiger partial charge on any atom is 0.123 e. The van der Waals surface area contributed by atoms with Crippen LogP contribution in [0, 0.1) is 0 Å². The first-order valence-corrected chi connectivity index (χ1v) is 6.95. The highest BCUT2D eigenvalue weighted by Gasteiger charge is 2.11. The number of rotatable bonds is 5. The summed E-state index contributed by atoms with van der Waals surface area (Å²) < 4.78 is 0. The number of hydrogen-bond acceptors (Lipinski definition) is 3. The monoisotopic (exact) mass is 249 g/mol. The number of nitrogens with one attached hydrogen (secondary N) is 1. The summed E-state index contributed by atoms with van der Waals surface area (Å²) in [6, 6.07) is 4.35. The second-order valence-electron chi connectivity index (χ2n) is 4.20. The molecule has 1 atom stereocenters. The van der Waals surface area contributed by atoms with Gasteiger partial charge in [-0.2, -0.15) is 0 Å². The Kier molecular flexibility index (Phi) is 3.97. The van der Waals surface area contributed by atoms with Crippen LogP contribution in [-0.2, 0) is 6.42 Å². The predicted molar refractivity (Wildman–Crippen MR) is 73.1 cm³/mol. The van der Waals surface area contributed by atoms with Gasteiger partial charge < -0.3 is 10.7 Å². The summed E-state index contributed by atoms with van der Waals surface area (Å²) in [4.78, 5) is 10.3. The van der Waals surface area contributed by atoms with Crippen LogP contribution in [0.2, 0.25) is 0 Å². The van der Waals surface area contributed by atoms with Gasteiger partial charge in [0, 0.05) is 4.88 Å². The minimum atomic E-state index is 0.0272. The SMILES string of the molecule is CCCC(N)c1ncc(-c2ccc(CC)s2)[nH]1. The lowest BCUT2D eigenvalue weighted by Crippen LogP contribution is -2.11. The molecule has 0 fully saturated rings. The van der Waals surface area contributed by atoms with Crippen LogP contribution in [0.3, 0.4) is 0 Å². The Hall–Kier alpha value is -1.13. The summed E-state index contributed by atoms with van der Waals surface area (Å²) in [5.74, 6) is 0.897. The van der Waals surface area contributed by atoms with Gasteiger partial charge in [-0.05, 0) is 25.0 Å². The lowest BCUT2D eigenvalue weighted by Gasteiger charge is -2.05. The van der Waals surface area contributed by atoms with Crippen LogP contribution in [0.25, 0.3) is 10.6 Å².